The van der Waals surface area contributed by atoms with Gasteiger partial charge in [-0.1, -0.05) is 17.7 Å². The van der Waals surface area contributed by atoms with Gasteiger partial charge < -0.3 is 5.32 Å². The SMILES string of the molecule is NS(=O)(=O)Nc1cccc(NC(=O)c2ccc(Cl)nn2)c1. The van der Waals surface area contributed by atoms with Crippen LogP contribution >= 0.6 is 11.6 Å². The van der Waals surface area contributed by atoms with Crippen molar-refractivity contribution in [1.82, 2.24) is 10.2 Å². The highest BCUT2D eigenvalue weighted by Crippen LogP contribution is 2.16. The molecule has 1 heterocycles. The Morgan fingerprint density at radius 3 is 2.48 bits per heavy atom. The van der Waals surface area contributed by atoms with E-state index in [0.29, 0.717) is 5.69 Å². The molecule has 1 aromatic heterocycles. The van der Waals surface area contributed by atoms with Gasteiger partial charge in [0.1, 0.15) is 0 Å². The van der Waals surface area contributed by atoms with Crippen LogP contribution in [0.25, 0.3) is 0 Å². The first-order valence-electron chi connectivity index (χ1n) is 5.55. The Balaban J connectivity index is 2.14. The van der Waals surface area contributed by atoms with E-state index in [1.165, 1.54) is 24.3 Å². The summed E-state index contributed by atoms with van der Waals surface area (Å²) in [6.07, 6.45) is 0. The van der Waals surface area contributed by atoms with Crippen LogP contribution in [0.4, 0.5) is 11.4 Å². The average molecular weight is 328 g/mol. The molecule has 2 aromatic rings. The zero-order chi connectivity index (χ0) is 15.5. The molecule has 0 saturated heterocycles. The van der Waals surface area contributed by atoms with Crippen molar-refractivity contribution in [1.29, 1.82) is 0 Å². The molecule has 0 spiro atoms. The molecule has 0 bridgehead atoms. The van der Waals surface area contributed by atoms with E-state index >= 15 is 0 Å². The summed E-state index contributed by atoms with van der Waals surface area (Å²) in [4.78, 5) is 11.9. The number of carbonyl (C=O) groups excluding carboxylic acids is 1. The third-order valence-electron chi connectivity index (χ3n) is 2.25. The average Bonchev–Trinajstić information content (AvgIpc) is 2.37. The van der Waals surface area contributed by atoms with E-state index in [2.05, 4.69) is 20.2 Å². The lowest BCUT2D eigenvalue weighted by atomic mass is 10.2. The summed E-state index contributed by atoms with van der Waals surface area (Å²) in [6, 6.07) is 8.87. The number of nitrogens with one attached hydrogen (secondary N) is 2. The molecule has 4 N–H and O–H groups in total. The first kappa shape index (κ1) is 15.2. The summed E-state index contributed by atoms with van der Waals surface area (Å²) in [5.41, 5.74) is 0.659. The van der Waals surface area contributed by atoms with Crippen molar-refractivity contribution in [2.45, 2.75) is 0 Å². The number of halogens is 1. The van der Waals surface area contributed by atoms with Gasteiger partial charge in [-0.25, -0.2) is 5.14 Å². The molecule has 1 amide bonds. The van der Waals surface area contributed by atoms with E-state index in [0.717, 1.165) is 0 Å². The summed E-state index contributed by atoms with van der Waals surface area (Å²) < 4.78 is 24.0. The molecule has 1 aromatic carbocycles. The van der Waals surface area contributed by atoms with Crippen LogP contribution < -0.4 is 15.2 Å². The van der Waals surface area contributed by atoms with Crippen LogP contribution in [0.3, 0.4) is 0 Å². The van der Waals surface area contributed by atoms with Gasteiger partial charge in [-0.05, 0) is 30.3 Å². The molecular formula is C11H10ClN5O3S. The van der Waals surface area contributed by atoms with E-state index < -0.39 is 16.1 Å². The Hall–Kier alpha value is -2.23. The number of benzene rings is 1. The molecule has 8 nitrogen and oxygen atoms in total. The van der Waals surface area contributed by atoms with Gasteiger partial charge in [0.15, 0.2) is 10.8 Å². The number of carbonyl (C=O) groups is 1. The molecular weight excluding hydrogens is 318 g/mol. The molecule has 0 saturated carbocycles. The Kier molecular flexibility index (Phi) is 4.36. The fraction of sp³-hybridized carbons (Fsp3) is 0. The topological polar surface area (TPSA) is 127 Å². The van der Waals surface area contributed by atoms with Gasteiger partial charge in [0.2, 0.25) is 0 Å². The zero-order valence-corrected chi connectivity index (χ0v) is 12.0. The smallest absolute Gasteiger partial charge is 0.296 e. The lowest BCUT2D eigenvalue weighted by Gasteiger charge is -2.07. The first-order valence-corrected chi connectivity index (χ1v) is 7.47. The highest BCUT2D eigenvalue weighted by Gasteiger charge is 2.09. The first-order chi connectivity index (χ1) is 9.83. The number of anilines is 2. The fourth-order valence-corrected chi connectivity index (χ4v) is 2.01. The van der Waals surface area contributed by atoms with Crippen LogP contribution in [0, 0.1) is 0 Å². The van der Waals surface area contributed by atoms with Crippen molar-refractivity contribution in [3.8, 4) is 0 Å². The molecule has 2 rings (SSSR count). The number of rotatable bonds is 4. The highest BCUT2D eigenvalue weighted by molar-refractivity contribution is 7.90. The summed E-state index contributed by atoms with van der Waals surface area (Å²) >= 11 is 5.58. The maximum atomic E-state index is 11.9. The van der Waals surface area contributed by atoms with Crippen molar-refractivity contribution in [2.75, 3.05) is 10.0 Å². The quantitative estimate of drug-likeness (QED) is 0.771. The third kappa shape index (κ3) is 4.67. The van der Waals surface area contributed by atoms with Crippen molar-refractivity contribution in [3.05, 3.63) is 47.2 Å². The molecule has 0 atom stereocenters. The third-order valence-corrected chi connectivity index (χ3v) is 2.97. The van der Waals surface area contributed by atoms with Crippen molar-refractivity contribution < 1.29 is 13.2 Å². The molecule has 21 heavy (non-hydrogen) atoms. The normalized spacial score (nSPS) is 11.0. The van der Waals surface area contributed by atoms with Crippen LogP contribution in [0.5, 0.6) is 0 Å². The van der Waals surface area contributed by atoms with Crippen molar-refractivity contribution in [2.24, 2.45) is 5.14 Å². The minimum atomic E-state index is -3.88. The number of amides is 1. The van der Waals surface area contributed by atoms with Gasteiger partial charge in [-0.2, -0.15) is 8.42 Å². The minimum absolute atomic E-state index is 0.0733. The van der Waals surface area contributed by atoms with E-state index in [1.54, 1.807) is 12.1 Å². The van der Waals surface area contributed by atoms with E-state index in [-0.39, 0.29) is 16.5 Å². The maximum absolute atomic E-state index is 11.9. The van der Waals surface area contributed by atoms with Crippen LogP contribution in [-0.2, 0) is 10.2 Å². The number of hydrogen-bond donors (Lipinski definition) is 3. The minimum Gasteiger partial charge on any atom is -0.321 e. The van der Waals surface area contributed by atoms with Crippen LogP contribution in [0.2, 0.25) is 5.15 Å². The summed E-state index contributed by atoms with van der Waals surface area (Å²) in [5, 5.41) is 14.8. The Morgan fingerprint density at radius 1 is 1.14 bits per heavy atom. The van der Waals surface area contributed by atoms with Crippen LogP contribution in [0.1, 0.15) is 10.5 Å². The van der Waals surface area contributed by atoms with Gasteiger partial charge in [-0.15, -0.1) is 10.2 Å². The largest absolute Gasteiger partial charge is 0.321 e. The van der Waals surface area contributed by atoms with E-state index in [9.17, 15) is 13.2 Å². The summed E-state index contributed by atoms with van der Waals surface area (Å²) in [7, 11) is -3.88. The van der Waals surface area contributed by atoms with Gasteiger partial charge in [-0.3, -0.25) is 9.52 Å². The molecule has 10 heteroatoms. The van der Waals surface area contributed by atoms with Gasteiger partial charge >= 0.3 is 0 Å². The molecule has 0 aliphatic carbocycles. The number of aromatic nitrogens is 2. The zero-order valence-electron chi connectivity index (χ0n) is 10.4. The molecule has 0 aliphatic rings. The standard InChI is InChI=1S/C11H10ClN5O3S/c12-10-5-4-9(15-16-10)11(18)14-7-2-1-3-8(6-7)17-21(13,19)20/h1-6,17H,(H,14,18)(H2,13,19,20). The van der Waals surface area contributed by atoms with Crippen molar-refractivity contribution in [3.63, 3.8) is 0 Å². The molecule has 0 fully saturated rings. The Bertz CT molecular complexity index is 764. The number of hydrogen-bond acceptors (Lipinski definition) is 5. The van der Waals surface area contributed by atoms with Crippen LogP contribution in [-0.4, -0.2) is 24.5 Å². The molecule has 0 unspecified atom stereocenters. The lowest BCUT2D eigenvalue weighted by Crippen LogP contribution is -2.21. The summed E-state index contributed by atoms with van der Waals surface area (Å²) in [5.74, 6) is -0.507. The predicted octanol–water partition coefficient (Wildman–Crippen LogP) is 0.998. The molecule has 0 aliphatic heterocycles. The van der Waals surface area contributed by atoms with Crippen molar-refractivity contribution >= 4 is 39.1 Å². The maximum Gasteiger partial charge on any atom is 0.296 e. The van der Waals surface area contributed by atoms with Gasteiger partial charge in [0, 0.05) is 5.69 Å². The monoisotopic (exact) mass is 327 g/mol. The van der Waals surface area contributed by atoms with Gasteiger partial charge in [0.25, 0.3) is 16.1 Å². The number of nitrogens with two attached hydrogens (primary N) is 1. The second-order valence-electron chi connectivity index (χ2n) is 3.92. The number of nitrogens with zero attached hydrogens (tertiary/aromatic N) is 2. The second-order valence-corrected chi connectivity index (χ2v) is 5.60. The predicted molar refractivity (Wildman–Crippen MR) is 78.2 cm³/mol. The fourth-order valence-electron chi connectivity index (χ4n) is 1.46. The summed E-state index contributed by atoms with van der Waals surface area (Å²) in [6.45, 7) is 0. The van der Waals surface area contributed by atoms with E-state index in [4.69, 9.17) is 16.7 Å². The van der Waals surface area contributed by atoms with Gasteiger partial charge in [0.05, 0.1) is 5.69 Å². The Labute approximate surface area is 125 Å². The molecule has 110 valence electrons. The van der Waals surface area contributed by atoms with Crippen LogP contribution in [0.15, 0.2) is 36.4 Å². The highest BCUT2D eigenvalue weighted by atomic mass is 35.5. The van der Waals surface area contributed by atoms with E-state index in [1.807, 2.05) is 0 Å². The Morgan fingerprint density at radius 2 is 1.86 bits per heavy atom. The lowest BCUT2D eigenvalue weighted by molar-refractivity contribution is 0.102. The second kappa shape index (κ2) is 6.04. The molecule has 0 radical (unpaired) electrons.